The molecule has 1 N–H and O–H groups in total. The number of rotatable bonds is 3. The quantitative estimate of drug-likeness (QED) is 0.740. The molecule has 0 aliphatic carbocycles. The summed E-state index contributed by atoms with van der Waals surface area (Å²) in [7, 11) is 0. The van der Waals surface area contributed by atoms with Gasteiger partial charge in [-0.25, -0.2) is 15.0 Å². The highest BCUT2D eigenvalue weighted by Crippen LogP contribution is 2.31. The predicted molar refractivity (Wildman–Crippen MR) is 101 cm³/mol. The number of nitrogens with one attached hydrogen (secondary N) is 1. The molecule has 1 aromatic carbocycles. The summed E-state index contributed by atoms with van der Waals surface area (Å²) in [6.45, 7) is 3.35. The van der Waals surface area contributed by atoms with Crippen molar-refractivity contribution in [1.29, 1.82) is 0 Å². The lowest BCUT2D eigenvalue weighted by Crippen LogP contribution is -2.35. The Hall–Kier alpha value is -3.26. The molecule has 142 valence electrons. The van der Waals surface area contributed by atoms with E-state index in [0.29, 0.717) is 37.6 Å². The smallest absolute Gasteiger partial charge is 0.254 e. The SMILES string of the molecule is O=c1[nH]c(-c2cncnc2)nc2c1CCN(Cc1ccc3c(c1)OCCO3)C2. The first-order chi connectivity index (χ1) is 13.8. The standard InChI is InChI=1S/C20H19N5O3/c26-20-15-3-4-25(10-13-1-2-17-18(7-13)28-6-5-27-17)11-16(15)23-19(24-20)14-8-21-12-22-9-14/h1-2,7-9,12H,3-6,10-11H2,(H,23,24,26). The van der Waals surface area contributed by atoms with Gasteiger partial charge >= 0.3 is 0 Å². The maximum absolute atomic E-state index is 12.5. The Morgan fingerprint density at radius 2 is 1.93 bits per heavy atom. The molecule has 0 spiro atoms. The van der Waals surface area contributed by atoms with Gasteiger partial charge in [-0.15, -0.1) is 0 Å². The van der Waals surface area contributed by atoms with Crippen molar-refractivity contribution < 1.29 is 9.47 Å². The molecule has 0 radical (unpaired) electrons. The van der Waals surface area contributed by atoms with Gasteiger partial charge in [0, 0.05) is 37.6 Å². The molecule has 0 saturated heterocycles. The zero-order valence-corrected chi connectivity index (χ0v) is 15.2. The van der Waals surface area contributed by atoms with Gasteiger partial charge in [-0.3, -0.25) is 9.69 Å². The van der Waals surface area contributed by atoms with E-state index in [1.54, 1.807) is 12.4 Å². The molecule has 5 rings (SSSR count). The van der Waals surface area contributed by atoms with Gasteiger partial charge in [-0.05, 0) is 24.1 Å². The monoisotopic (exact) mass is 377 g/mol. The average Bonchev–Trinajstić information content (AvgIpc) is 2.74. The fourth-order valence-electron chi connectivity index (χ4n) is 3.63. The Bertz CT molecular complexity index is 1070. The molecule has 0 atom stereocenters. The minimum Gasteiger partial charge on any atom is -0.486 e. The van der Waals surface area contributed by atoms with Crippen LogP contribution in [0, 0.1) is 0 Å². The van der Waals surface area contributed by atoms with Crippen LogP contribution in [-0.2, 0) is 19.5 Å². The highest BCUT2D eigenvalue weighted by Gasteiger charge is 2.22. The second-order valence-electron chi connectivity index (χ2n) is 6.91. The van der Waals surface area contributed by atoms with E-state index in [9.17, 15) is 4.79 Å². The molecular formula is C20H19N5O3. The summed E-state index contributed by atoms with van der Waals surface area (Å²) in [6, 6.07) is 6.04. The van der Waals surface area contributed by atoms with Crippen molar-refractivity contribution >= 4 is 0 Å². The summed E-state index contributed by atoms with van der Waals surface area (Å²) in [5, 5.41) is 0. The summed E-state index contributed by atoms with van der Waals surface area (Å²) in [5.41, 5.74) is 3.34. The van der Waals surface area contributed by atoms with E-state index in [-0.39, 0.29) is 5.56 Å². The highest BCUT2D eigenvalue weighted by atomic mass is 16.6. The third-order valence-electron chi connectivity index (χ3n) is 5.00. The summed E-state index contributed by atoms with van der Waals surface area (Å²) in [6.07, 6.45) is 5.42. The molecule has 0 saturated carbocycles. The van der Waals surface area contributed by atoms with Gasteiger partial charge in [0.25, 0.3) is 5.56 Å². The number of aromatic nitrogens is 4. The van der Waals surface area contributed by atoms with Crippen LogP contribution in [0.5, 0.6) is 11.5 Å². The van der Waals surface area contributed by atoms with Gasteiger partial charge < -0.3 is 14.5 Å². The number of hydrogen-bond acceptors (Lipinski definition) is 7. The first-order valence-corrected chi connectivity index (χ1v) is 9.24. The molecule has 0 bridgehead atoms. The number of ether oxygens (including phenoxy) is 2. The third kappa shape index (κ3) is 3.22. The maximum atomic E-state index is 12.5. The molecule has 0 unspecified atom stereocenters. The molecule has 2 aromatic heterocycles. The fraction of sp³-hybridized carbons (Fsp3) is 0.300. The Morgan fingerprint density at radius 1 is 1.11 bits per heavy atom. The van der Waals surface area contributed by atoms with Gasteiger partial charge in [-0.2, -0.15) is 0 Å². The van der Waals surface area contributed by atoms with Crippen LogP contribution in [0.2, 0.25) is 0 Å². The molecule has 2 aliphatic rings. The van der Waals surface area contributed by atoms with E-state index in [2.05, 4.69) is 30.9 Å². The van der Waals surface area contributed by atoms with Crippen LogP contribution in [0.4, 0.5) is 0 Å². The van der Waals surface area contributed by atoms with Crippen LogP contribution in [0.15, 0.2) is 41.7 Å². The molecule has 8 heteroatoms. The fourth-order valence-corrected chi connectivity index (χ4v) is 3.63. The van der Waals surface area contributed by atoms with Gasteiger partial charge in [0.1, 0.15) is 25.4 Å². The van der Waals surface area contributed by atoms with E-state index >= 15 is 0 Å². The topological polar surface area (TPSA) is 93.2 Å². The minimum absolute atomic E-state index is 0.0807. The zero-order valence-electron chi connectivity index (χ0n) is 15.2. The number of benzene rings is 1. The van der Waals surface area contributed by atoms with Gasteiger partial charge in [0.2, 0.25) is 0 Å². The van der Waals surface area contributed by atoms with Crippen LogP contribution >= 0.6 is 0 Å². The van der Waals surface area contributed by atoms with Crippen molar-refractivity contribution in [3.05, 3.63) is 64.1 Å². The summed E-state index contributed by atoms with van der Waals surface area (Å²) in [4.78, 5) is 30.3. The lowest BCUT2D eigenvalue weighted by atomic mass is 10.0. The molecule has 0 amide bonds. The van der Waals surface area contributed by atoms with Crippen LogP contribution in [0.3, 0.4) is 0 Å². The van der Waals surface area contributed by atoms with E-state index in [1.165, 1.54) is 6.33 Å². The Morgan fingerprint density at radius 3 is 2.79 bits per heavy atom. The molecule has 0 fully saturated rings. The van der Waals surface area contributed by atoms with Gasteiger partial charge in [0.05, 0.1) is 11.3 Å². The van der Waals surface area contributed by atoms with Crippen LogP contribution in [0.25, 0.3) is 11.4 Å². The first-order valence-electron chi connectivity index (χ1n) is 9.24. The van der Waals surface area contributed by atoms with Crippen LogP contribution < -0.4 is 15.0 Å². The predicted octanol–water partition coefficient (Wildman–Crippen LogP) is 1.56. The van der Waals surface area contributed by atoms with E-state index < -0.39 is 0 Å². The molecule has 4 heterocycles. The van der Waals surface area contributed by atoms with Crippen molar-refractivity contribution in [3.8, 4) is 22.9 Å². The lowest BCUT2D eigenvalue weighted by molar-refractivity contribution is 0.171. The minimum atomic E-state index is -0.0807. The molecular weight excluding hydrogens is 358 g/mol. The van der Waals surface area contributed by atoms with E-state index in [0.717, 1.165) is 41.4 Å². The summed E-state index contributed by atoms with van der Waals surface area (Å²) < 4.78 is 11.3. The Balaban J connectivity index is 1.39. The number of H-pyrrole nitrogens is 1. The second kappa shape index (κ2) is 7.05. The van der Waals surface area contributed by atoms with Crippen molar-refractivity contribution in [1.82, 2.24) is 24.8 Å². The van der Waals surface area contributed by atoms with Crippen molar-refractivity contribution in [2.45, 2.75) is 19.5 Å². The third-order valence-corrected chi connectivity index (χ3v) is 5.00. The number of nitrogens with zero attached hydrogens (tertiary/aromatic N) is 4. The van der Waals surface area contributed by atoms with Crippen molar-refractivity contribution in [2.75, 3.05) is 19.8 Å². The normalized spacial score (nSPS) is 15.9. The second-order valence-corrected chi connectivity index (χ2v) is 6.91. The summed E-state index contributed by atoms with van der Waals surface area (Å²) >= 11 is 0. The molecule has 3 aromatic rings. The first kappa shape index (κ1) is 16.9. The van der Waals surface area contributed by atoms with Crippen molar-refractivity contribution in [3.63, 3.8) is 0 Å². The summed E-state index contributed by atoms with van der Waals surface area (Å²) in [5.74, 6) is 2.09. The zero-order chi connectivity index (χ0) is 18.9. The number of hydrogen-bond donors (Lipinski definition) is 1. The maximum Gasteiger partial charge on any atom is 0.254 e. The Labute approximate surface area is 161 Å². The molecule has 2 aliphatic heterocycles. The van der Waals surface area contributed by atoms with Crippen molar-refractivity contribution in [2.24, 2.45) is 0 Å². The van der Waals surface area contributed by atoms with E-state index in [4.69, 9.17) is 9.47 Å². The molecule has 28 heavy (non-hydrogen) atoms. The molecule has 8 nitrogen and oxygen atoms in total. The van der Waals surface area contributed by atoms with Gasteiger partial charge in [0.15, 0.2) is 11.5 Å². The number of fused-ring (bicyclic) bond motifs is 2. The average molecular weight is 377 g/mol. The lowest BCUT2D eigenvalue weighted by Gasteiger charge is -2.28. The Kier molecular flexibility index (Phi) is 4.25. The van der Waals surface area contributed by atoms with Crippen LogP contribution in [-0.4, -0.2) is 44.6 Å². The van der Waals surface area contributed by atoms with Gasteiger partial charge in [-0.1, -0.05) is 6.07 Å². The number of aromatic amines is 1. The highest BCUT2D eigenvalue weighted by molar-refractivity contribution is 5.52. The van der Waals surface area contributed by atoms with E-state index in [1.807, 2.05) is 12.1 Å². The largest absolute Gasteiger partial charge is 0.486 e. The van der Waals surface area contributed by atoms with Crippen LogP contribution in [0.1, 0.15) is 16.8 Å².